The van der Waals surface area contributed by atoms with Crippen molar-refractivity contribution < 1.29 is 9.53 Å². The van der Waals surface area contributed by atoms with Crippen LogP contribution in [0.15, 0.2) is 0 Å². The molecule has 4 aliphatic rings. The van der Waals surface area contributed by atoms with E-state index in [0.29, 0.717) is 23.4 Å². The summed E-state index contributed by atoms with van der Waals surface area (Å²) in [5.74, 6) is 6.84. The minimum absolute atomic E-state index is 0.102. The van der Waals surface area contributed by atoms with Gasteiger partial charge in [0.2, 0.25) is 0 Å². The number of carbonyl (C=O) groups excluding carboxylic acids is 1. The third-order valence-electron chi connectivity index (χ3n) is 11.3. The van der Waals surface area contributed by atoms with E-state index in [0.717, 1.165) is 41.4 Å². The van der Waals surface area contributed by atoms with E-state index in [2.05, 4.69) is 34.6 Å². The summed E-state index contributed by atoms with van der Waals surface area (Å²) in [5, 5.41) is 0. The lowest BCUT2D eigenvalue weighted by molar-refractivity contribution is -0.144. The van der Waals surface area contributed by atoms with Crippen LogP contribution in [0, 0.1) is 58.2 Å². The van der Waals surface area contributed by atoms with E-state index in [4.69, 9.17) is 4.74 Å². The molecule has 178 valence electrons. The van der Waals surface area contributed by atoms with Gasteiger partial charge >= 0.3 is 5.97 Å². The highest BCUT2D eigenvalue weighted by Crippen LogP contribution is 2.69. The Hall–Kier alpha value is -0.530. The van der Waals surface area contributed by atoms with E-state index in [9.17, 15) is 4.79 Å². The van der Waals surface area contributed by atoms with Gasteiger partial charge in [0, 0.05) is 6.92 Å². The number of hydrogen-bond donors (Lipinski definition) is 0. The van der Waals surface area contributed by atoms with E-state index >= 15 is 0 Å². The van der Waals surface area contributed by atoms with Crippen LogP contribution in [0.4, 0.5) is 0 Å². The second kappa shape index (κ2) is 9.02. The first-order valence-electron chi connectivity index (χ1n) is 13.8. The van der Waals surface area contributed by atoms with Gasteiger partial charge in [-0.3, -0.25) is 4.79 Å². The smallest absolute Gasteiger partial charge is 0.302 e. The molecule has 0 heterocycles. The number of esters is 1. The van der Waals surface area contributed by atoms with Crippen molar-refractivity contribution in [3.05, 3.63) is 0 Å². The van der Waals surface area contributed by atoms with Crippen LogP contribution in [-0.4, -0.2) is 12.6 Å². The van der Waals surface area contributed by atoms with Gasteiger partial charge in [-0.05, 0) is 110 Å². The van der Waals surface area contributed by atoms with Gasteiger partial charge in [-0.1, -0.05) is 53.9 Å². The van der Waals surface area contributed by atoms with Crippen LogP contribution in [0.1, 0.15) is 112 Å². The Morgan fingerprint density at radius 3 is 2.26 bits per heavy atom. The van der Waals surface area contributed by atoms with Crippen LogP contribution in [0.2, 0.25) is 0 Å². The van der Waals surface area contributed by atoms with Gasteiger partial charge in [0.15, 0.2) is 0 Å². The zero-order chi connectivity index (χ0) is 22.4. The van der Waals surface area contributed by atoms with Gasteiger partial charge in [0.25, 0.3) is 0 Å². The minimum atomic E-state index is -0.102. The van der Waals surface area contributed by atoms with Gasteiger partial charge < -0.3 is 4.74 Å². The molecule has 2 nitrogen and oxygen atoms in total. The quantitative estimate of drug-likeness (QED) is 0.384. The molecule has 0 aromatic carbocycles. The number of fused-ring (bicyclic) bond motifs is 5. The SMILES string of the molecule is CC(=O)OCC1CCC2(C)C1CCC1C3CCC(C(C)CCCC(C)C)C3(C)CCC12. The Kier molecular flexibility index (Phi) is 6.87. The predicted molar refractivity (Wildman–Crippen MR) is 129 cm³/mol. The molecule has 0 amide bonds. The first-order chi connectivity index (χ1) is 14.7. The zero-order valence-electron chi connectivity index (χ0n) is 21.4. The molecular weight excluding hydrogens is 380 g/mol. The topological polar surface area (TPSA) is 26.3 Å². The lowest BCUT2D eigenvalue weighted by Crippen LogP contribution is -2.51. The van der Waals surface area contributed by atoms with Crippen molar-refractivity contribution in [1.82, 2.24) is 0 Å². The second-order valence-electron chi connectivity index (χ2n) is 13.2. The van der Waals surface area contributed by atoms with Gasteiger partial charge in [0.1, 0.15) is 0 Å². The normalized spacial score (nSPS) is 45.1. The molecule has 4 saturated carbocycles. The Labute approximate surface area is 192 Å². The van der Waals surface area contributed by atoms with Crippen molar-refractivity contribution in [2.75, 3.05) is 6.61 Å². The van der Waals surface area contributed by atoms with Crippen molar-refractivity contribution >= 4 is 5.97 Å². The van der Waals surface area contributed by atoms with Gasteiger partial charge in [-0.15, -0.1) is 0 Å². The molecule has 9 atom stereocenters. The average molecular weight is 431 g/mol. The number of hydrogen-bond acceptors (Lipinski definition) is 2. The highest BCUT2D eigenvalue weighted by molar-refractivity contribution is 5.65. The number of ether oxygens (including phenoxy) is 1. The molecule has 0 bridgehead atoms. The monoisotopic (exact) mass is 430 g/mol. The first kappa shape index (κ1) is 23.6. The molecule has 0 saturated heterocycles. The standard InChI is InChI=1S/C29H50O2/c1-19(2)8-7-9-20(3)24-12-13-26-23-10-11-25-22(18-31-21(4)30)14-16-29(25,6)27(23)15-17-28(24,26)5/h19-20,22-27H,7-18H2,1-6H3. The zero-order valence-corrected chi connectivity index (χ0v) is 21.4. The summed E-state index contributed by atoms with van der Waals surface area (Å²) in [6.07, 6.45) is 15.6. The van der Waals surface area contributed by atoms with Crippen molar-refractivity contribution in [2.45, 2.75) is 112 Å². The fourth-order valence-electron chi connectivity index (χ4n) is 9.78. The Morgan fingerprint density at radius 2 is 1.55 bits per heavy atom. The third-order valence-corrected chi connectivity index (χ3v) is 11.3. The molecule has 0 aromatic rings. The molecule has 31 heavy (non-hydrogen) atoms. The van der Waals surface area contributed by atoms with Crippen LogP contribution in [0.25, 0.3) is 0 Å². The van der Waals surface area contributed by atoms with Crippen LogP contribution < -0.4 is 0 Å². The highest BCUT2D eigenvalue weighted by Gasteiger charge is 2.62. The summed E-state index contributed by atoms with van der Waals surface area (Å²) >= 11 is 0. The Bertz CT molecular complexity index is 641. The maximum absolute atomic E-state index is 11.4. The fraction of sp³-hybridized carbons (Fsp3) is 0.966. The summed E-state index contributed by atoms with van der Waals surface area (Å²) in [6, 6.07) is 0. The molecule has 0 aliphatic heterocycles. The second-order valence-corrected chi connectivity index (χ2v) is 13.2. The van der Waals surface area contributed by atoms with Crippen molar-refractivity contribution in [3.63, 3.8) is 0 Å². The largest absolute Gasteiger partial charge is 0.466 e. The maximum Gasteiger partial charge on any atom is 0.302 e. The van der Waals surface area contributed by atoms with Crippen LogP contribution in [0.5, 0.6) is 0 Å². The average Bonchev–Trinajstić information content (AvgIpc) is 3.22. The van der Waals surface area contributed by atoms with Crippen molar-refractivity contribution in [3.8, 4) is 0 Å². The van der Waals surface area contributed by atoms with Crippen LogP contribution in [-0.2, 0) is 9.53 Å². The van der Waals surface area contributed by atoms with E-state index in [1.165, 1.54) is 70.6 Å². The molecule has 0 N–H and O–H groups in total. The highest BCUT2D eigenvalue weighted by atomic mass is 16.5. The molecular formula is C29H50O2. The van der Waals surface area contributed by atoms with Crippen molar-refractivity contribution in [1.29, 1.82) is 0 Å². The lowest BCUT2D eigenvalue weighted by atomic mass is 9.46. The first-order valence-corrected chi connectivity index (χ1v) is 13.8. The third kappa shape index (κ3) is 4.23. The van der Waals surface area contributed by atoms with Crippen LogP contribution >= 0.6 is 0 Å². The van der Waals surface area contributed by atoms with Gasteiger partial charge in [-0.2, -0.15) is 0 Å². The summed E-state index contributed by atoms with van der Waals surface area (Å²) in [4.78, 5) is 11.4. The van der Waals surface area contributed by atoms with E-state index in [-0.39, 0.29) is 5.97 Å². The van der Waals surface area contributed by atoms with E-state index in [1.54, 1.807) is 6.92 Å². The lowest BCUT2D eigenvalue weighted by Gasteiger charge is -2.58. The molecule has 0 radical (unpaired) electrons. The summed E-state index contributed by atoms with van der Waals surface area (Å²) in [6.45, 7) is 14.9. The van der Waals surface area contributed by atoms with E-state index in [1.807, 2.05) is 0 Å². The summed E-state index contributed by atoms with van der Waals surface area (Å²) < 4.78 is 5.49. The van der Waals surface area contributed by atoms with Gasteiger partial charge in [-0.25, -0.2) is 0 Å². The fourth-order valence-corrected chi connectivity index (χ4v) is 9.78. The minimum Gasteiger partial charge on any atom is -0.466 e. The predicted octanol–water partition coefficient (Wildman–Crippen LogP) is 7.90. The molecule has 4 aliphatic carbocycles. The molecule has 9 unspecified atom stereocenters. The number of rotatable bonds is 7. The van der Waals surface area contributed by atoms with Gasteiger partial charge in [0.05, 0.1) is 6.61 Å². The van der Waals surface area contributed by atoms with Crippen LogP contribution in [0.3, 0.4) is 0 Å². The molecule has 0 aromatic heterocycles. The summed E-state index contributed by atoms with van der Waals surface area (Å²) in [7, 11) is 0. The maximum atomic E-state index is 11.4. The molecule has 2 heteroatoms. The van der Waals surface area contributed by atoms with E-state index < -0.39 is 0 Å². The Balaban J connectivity index is 1.43. The summed E-state index contributed by atoms with van der Waals surface area (Å²) in [5.41, 5.74) is 1.09. The number of carbonyl (C=O) groups is 1. The van der Waals surface area contributed by atoms with Crippen molar-refractivity contribution in [2.24, 2.45) is 58.2 Å². The molecule has 4 fully saturated rings. The Morgan fingerprint density at radius 1 is 0.871 bits per heavy atom. The molecule has 0 spiro atoms. The molecule has 4 rings (SSSR count).